The summed E-state index contributed by atoms with van der Waals surface area (Å²) in [6.45, 7) is 1.26. The first-order valence-electron chi connectivity index (χ1n) is 6.00. The molecule has 0 radical (unpaired) electrons. The molecular weight excluding hydrogens is 342 g/mol. The molecule has 0 atom stereocenters. The lowest BCUT2D eigenvalue weighted by Crippen LogP contribution is -2.20. The van der Waals surface area contributed by atoms with Crippen LogP contribution in [0, 0.1) is 0 Å². The van der Waals surface area contributed by atoms with Gasteiger partial charge in [0.25, 0.3) is 5.56 Å². The Balaban J connectivity index is 1.76. The molecule has 3 heterocycles. The summed E-state index contributed by atoms with van der Waals surface area (Å²) in [6, 6.07) is 5.37. The average Bonchev–Trinajstić information content (AvgIpc) is 2.98. The minimum Gasteiger partial charge on any atom is -0.453 e. The number of rotatable bonds is 4. The molecule has 0 amide bonds. The molecular formula is C13H12BrN3O2S. The highest BCUT2D eigenvalue weighted by molar-refractivity contribution is 9.10. The van der Waals surface area contributed by atoms with Crippen LogP contribution in [0.25, 0.3) is 4.96 Å². The number of thiazole rings is 1. The molecule has 0 fully saturated rings. The molecule has 5 nitrogen and oxygen atoms in total. The van der Waals surface area contributed by atoms with Gasteiger partial charge in [-0.3, -0.25) is 14.1 Å². The molecule has 0 saturated carbocycles. The number of fused-ring (bicyclic) bond motifs is 1. The monoisotopic (exact) mass is 353 g/mol. The Kier molecular flexibility index (Phi) is 3.73. The maximum atomic E-state index is 11.9. The zero-order chi connectivity index (χ0) is 14.1. The Labute approximate surface area is 127 Å². The number of hydrogen-bond acceptors (Lipinski definition) is 5. The Hall–Kier alpha value is -1.44. The molecule has 0 aromatic carbocycles. The van der Waals surface area contributed by atoms with Gasteiger partial charge in [-0.05, 0) is 35.1 Å². The van der Waals surface area contributed by atoms with Crippen LogP contribution in [0.5, 0.6) is 0 Å². The zero-order valence-corrected chi connectivity index (χ0v) is 13.1. The Bertz CT molecular complexity index is 792. The highest BCUT2D eigenvalue weighted by atomic mass is 79.9. The molecule has 3 rings (SSSR count). The molecule has 0 N–H and O–H groups in total. The predicted octanol–water partition coefficient (Wildman–Crippen LogP) is 2.74. The minimum atomic E-state index is -0.0413. The Morgan fingerprint density at radius 2 is 2.30 bits per heavy atom. The second-order valence-corrected chi connectivity index (χ2v) is 6.17. The molecule has 3 aromatic heterocycles. The quantitative estimate of drug-likeness (QED) is 0.723. The van der Waals surface area contributed by atoms with E-state index in [1.807, 2.05) is 24.6 Å². The van der Waals surface area contributed by atoms with Crippen LogP contribution in [0.2, 0.25) is 0 Å². The van der Waals surface area contributed by atoms with E-state index in [1.54, 1.807) is 16.7 Å². The summed E-state index contributed by atoms with van der Waals surface area (Å²) in [5.41, 5.74) is 0.728. The summed E-state index contributed by atoms with van der Waals surface area (Å²) in [4.78, 5) is 19.1. The fourth-order valence-electron chi connectivity index (χ4n) is 2.00. The summed E-state index contributed by atoms with van der Waals surface area (Å²) in [5, 5.41) is 1.86. The summed E-state index contributed by atoms with van der Waals surface area (Å²) in [5.74, 6) is 0.869. The van der Waals surface area contributed by atoms with Crippen LogP contribution in [0.3, 0.4) is 0 Å². The highest BCUT2D eigenvalue weighted by Crippen LogP contribution is 2.16. The van der Waals surface area contributed by atoms with Gasteiger partial charge in [-0.15, -0.1) is 11.3 Å². The maximum Gasteiger partial charge on any atom is 0.258 e. The van der Waals surface area contributed by atoms with Crippen molar-refractivity contribution in [2.24, 2.45) is 0 Å². The van der Waals surface area contributed by atoms with Crippen LogP contribution in [0.4, 0.5) is 0 Å². The van der Waals surface area contributed by atoms with Crippen LogP contribution in [0.1, 0.15) is 11.5 Å². The van der Waals surface area contributed by atoms with Crippen molar-refractivity contribution in [3.8, 4) is 0 Å². The SMILES string of the molecule is CN(Cc1cc(=O)n2ccsc2n1)Cc1ccc(Br)o1. The molecule has 3 aromatic rings. The molecule has 0 spiro atoms. The Morgan fingerprint density at radius 1 is 1.45 bits per heavy atom. The largest absolute Gasteiger partial charge is 0.453 e. The fourth-order valence-corrected chi connectivity index (χ4v) is 3.08. The van der Waals surface area contributed by atoms with E-state index in [1.165, 1.54) is 11.3 Å². The third kappa shape index (κ3) is 2.84. The third-order valence-electron chi connectivity index (χ3n) is 2.84. The van der Waals surface area contributed by atoms with Gasteiger partial charge in [-0.2, -0.15) is 0 Å². The van der Waals surface area contributed by atoms with E-state index in [0.29, 0.717) is 13.1 Å². The standard InChI is InChI=1S/C13H12BrN3O2S/c1-16(8-10-2-3-11(14)19-10)7-9-6-12(18)17-4-5-20-13(17)15-9/h2-6H,7-8H2,1H3. The lowest BCUT2D eigenvalue weighted by Gasteiger charge is -2.14. The lowest BCUT2D eigenvalue weighted by atomic mass is 10.3. The van der Waals surface area contributed by atoms with Gasteiger partial charge in [-0.25, -0.2) is 4.98 Å². The average molecular weight is 354 g/mol. The van der Waals surface area contributed by atoms with Gasteiger partial charge < -0.3 is 4.42 Å². The van der Waals surface area contributed by atoms with Gasteiger partial charge in [0.2, 0.25) is 0 Å². The normalized spacial score (nSPS) is 11.6. The number of hydrogen-bond donors (Lipinski definition) is 0. The van der Waals surface area contributed by atoms with Gasteiger partial charge in [0, 0.05) is 24.2 Å². The fraction of sp³-hybridized carbons (Fsp3) is 0.231. The number of nitrogens with zero attached hydrogens (tertiary/aromatic N) is 3. The minimum absolute atomic E-state index is 0.0413. The van der Waals surface area contributed by atoms with Crippen molar-refractivity contribution in [1.29, 1.82) is 0 Å². The molecule has 0 saturated heterocycles. The second kappa shape index (κ2) is 5.51. The van der Waals surface area contributed by atoms with E-state index >= 15 is 0 Å². The Morgan fingerprint density at radius 3 is 3.05 bits per heavy atom. The van der Waals surface area contributed by atoms with Gasteiger partial charge in [0.05, 0.1) is 12.2 Å². The molecule has 0 bridgehead atoms. The van der Waals surface area contributed by atoms with Crippen molar-refractivity contribution in [3.63, 3.8) is 0 Å². The summed E-state index contributed by atoms with van der Waals surface area (Å²) < 4.78 is 7.74. The summed E-state index contributed by atoms with van der Waals surface area (Å²) in [6.07, 6.45) is 1.74. The molecule has 0 aliphatic heterocycles. The van der Waals surface area contributed by atoms with E-state index in [-0.39, 0.29) is 5.56 Å². The highest BCUT2D eigenvalue weighted by Gasteiger charge is 2.08. The van der Waals surface area contributed by atoms with Gasteiger partial charge in [0.1, 0.15) is 5.76 Å². The first-order valence-corrected chi connectivity index (χ1v) is 7.67. The molecule has 7 heteroatoms. The van der Waals surface area contributed by atoms with Crippen molar-refractivity contribution < 1.29 is 4.42 Å². The van der Waals surface area contributed by atoms with Crippen molar-refractivity contribution in [2.75, 3.05) is 7.05 Å². The number of halogens is 1. The van der Waals surface area contributed by atoms with E-state index in [2.05, 4.69) is 25.8 Å². The van der Waals surface area contributed by atoms with Gasteiger partial charge in [-0.1, -0.05) is 0 Å². The zero-order valence-electron chi connectivity index (χ0n) is 10.7. The third-order valence-corrected chi connectivity index (χ3v) is 4.03. The molecule has 0 unspecified atom stereocenters. The van der Waals surface area contributed by atoms with Crippen molar-refractivity contribution >= 4 is 32.2 Å². The summed E-state index contributed by atoms with van der Waals surface area (Å²) >= 11 is 4.74. The van der Waals surface area contributed by atoms with E-state index in [0.717, 1.165) is 21.1 Å². The lowest BCUT2D eigenvalue weighted by molar-refractivity contribution is 0.282. The predicted molar refractivity (Wildman–Crippen MR) is 80.9 cm³/mol. The van der Waals surface area contributed by atoms with E-state index in [4.69, 9.17) is 4.42 Å². The van der Waals surface area contributed by atoms with Crippen LogP contribution >= 0.6 is 27.3 Å². The molecule has 20 heavy (non-hydrogen) atoms. The topological polar surface area (TPSA) is 50.8 Å². The van der Waals surface area contributed by atoms with E-state index < -0.39 is 0 Å². The van der Waals surface area contributed by atoms with E-state index in [9.17, 15) is 4.79 Å². The molecule has 0 aliphatic carbocycles. The van der Waals surface area contributed by atoms with Gasteiger partial charge in [0.15, 0.2) is 9.63 Å². The van der Waals surface area contributed by atoms with Crippen molar-refractivity contribution in [1.82, 2.24) is 14.3 Å². The van der Waals surface area contributed by atoms with Crippen LogP contribution < -0.4 is 5.56 Å². The van der Waals surface area contributed by atoms with Crippen LogP contribution in [-0.4, -0.2) is 21.3 Å². The molecule has 104 valence electrons. The number of furan rings is 1. The van der Waals surface area contributed by atoms with Crippen molar-refractivity contribution in [3.05, 3.63) is 56.3 Å². The molecule has 0 aliphatic rings. The first-order chi connectivity index (χ1) is 9.61. The van der Waals surface area contributed by atoms with Crippen molar-refractivity contribution in [2.45, 2.75) is 13.1 Å². The first kappa shape index (κ1) is 13.5. The summed E-state index contributed by atoms with van der Waals surface area (Å²) in [7, 11) is 1.97. The van der Waals surface area contributed by atoms with Gasteiger partial charge >= 0.3 is 0 Å². The second-order valence-electron chi connectivity index (χ2n) is 4.52. The number of aromatic nitrogens is 2. The van der Waals surface area contributed by atoms with Crippen LogP contribution in [-0.2, 0) is 13.1 Å². The maximum absolute atomic E-state index is 11.9. The smallest absolute Gasteiger partial charge is 0.258 e. The van der Waals surface area contributed by atoms with Crippen LogP contribution in [0.15, 0.2) is 43.7 Å².